The largest absolute Gasteiger partial charge is 0.490 e. The highest BCUT2D eigenvalue weighted by molar-refractivity contribution is 5.93. The van der Waals surface area contributed by atoms with Gasteiger partial charge < -0.3 is 13.9 Å². The average molecular weight is 385 g/mol. The van der Waals surface area contributed by atoms with Crippen LogP contribution in [0.2, 0.25) is 0 Å². The molecule has 2 aromatic rings. The number of furan rings is 1. The predicted molar refractivity (Wildman–Crippen MR) is 99.9 cm³/mol. The van der Waals surface area contributed by atoms with E-state index in [-0.39, 0.29) is 24.3 Å². The van der Waals surface area contributed by atoms with Gasteiger partial charge in [0.15, 0.2) is 17.3 Å². The zero-order chi connectivity index (χ0) is 19.3. The minimum Gasteiger partial charge on any atom is -0.490 e. The van der Waals surface area contributed by atoms with E-state index in [0.29, 0.717) is 13.2 Å². The van der Waals surface area contributed by atoms with E-state index in [1.807, 2.05) is 18.2 Å². The molecule has 28 heavy (non-hydrogen) atoms. The standard InChI is InChI=1S/C20H23N3O5/c24-19(21-22-20(25)17-5-2-9-27-17)13-23-8-1-4-15(23)14-6-7-16-18(12-14)28-11-3-10-26-16/h2,5-7,9,12,15H,1,3-4,8,10-11,13H2,(H,21,24)(H,22,25)/t15-/m1/s1. The van der Waals surface area contributed by atoms with Crippen molar-refractivity contribution in [1.29, 1.82) is 0 Å². The van der Waals surface area contributed by atoms with Crippen LogP contribution in [0.15, 0.2) is 41.0 Å². The number of fused-ring (bicyclic) bond motifs is 1. The van der Waals surface area contributed by atoms with Gasteiger partial charge in [0.25, 0.3) is 5.91 Å². The second-order valence-electron chi connectivity index (χ2n) is 6.86. The highest BCUT2D eigenvalue weighted by atomic mass is 16.5. The summed E-state index contributed by atoms with van der Waals surface area (Å²) in [6.07, 6.45) is 4.24. The molecule has 0 bridgehead atoms. The zero-order valence-corrected chi connectivity index (χ0v) is 15.5. The lowest BCUT2D eigenvalue weighted by molar-refractivity contribution is -0.123. The molecule has 2 N–H and O–H groups in total. The van der Waals surface area contributed by atoms with E-state index < -0.39 is 5.91 Å². The van der Waals surface area contributed by atoms with Crippen molar-refractivity contribution in [2.75, 3.05) is 26.3 Å². The number of ether oxygens (including phenoxy) is 2. The van der Waals surface area contributed by atoms with Crippen LogP contribution < -0.4 is 20.3 Å². The Morgan fingerprint density at radius 2 is 1.93 bits per heavy atom. The number of hydrogen-bond donors (Lipinski definition) is 2. The average Bonchev–Trinajstić information content (AvgIpc) is 3.34. The second-order valence-corrected chi connectivity index (χ2v) is 6.86. The Kier molecular flexibility index (Phi) is 5.48. The summed E-state index contributed by atoms with van der Waals surface area (Å²) in [5.74, 6) is 0.910. The van der Waals surface area contributed by atoms with Crippen LogP contribution in [0.25, 0.3) is 0 Å². The van der Waals surface area contributed by atoms with Crippen molar-refractivity contribution in [1.82, 2.24) is 15.8 Å². The van der Waals surface area contributed by atoms with Crippen LogP contribution in [-0.2, 0) is 4.79 Å². The molecule has 2 aliphatic heterocycles. The van der Waals surface area contributed by atoms with Crippen LogP contribution in [-0.4, -0.2) is 43.0 Å². The summed E-state index contributed by atoms with van der Waals surface area (Å²) < 4.78 is 16.5. The van der Waals surface area contributed by atoms with E-state index in [2.05, 4.69) is 15.8 Å². The number of hydrazine groups is 1. The quantitative estimate of drug-likeness (QED) is 0.783. The van der Waals surface area contributed by atoms with Gasteiger partial charge in [-0.1, -0.05) is 6.07 Å². The van der Waals surface area contributed by atoms with Crippen molar-refractivity contribution >= 4 is 11.8 Å². The van der Waals surface area contributed by atoms with Crippen LogP contribution in [0.3, 0.4) is 0 Å². The Labute approximate surface area is 162 Å². The fourth-order valence-electron chi connectivity index (χ4n) is 3.60. The fourth-order valence-corrected chi connectivity index (χ4v) is 3.60. The van der Waals surface area contributed by atoms with Crippen LogP contribution in [0.1, 0.15) is 41.4 Å². The van der Waals surface area contributed by atoms with Gasteiger partial charge in [0.2, 0.25) is 0 Å². The molecule has 0 unspecified atom stereocenters. The molecule has 1 saturated heterocycles. The van der Waals surface area contributed by atoms with Crippen LogP contribution >= 0.6 is 0 Å². The molecule has 1 aromatic heterocycles. The summed E-state index contributed by atoms with van der Waals surface area (Å²) in [5, 5.41) is 0. The number of carbonyl (C=O) groups is 2. The molecule has 2 aliphatic rings. The molecule has 2 amide bonds. The first-order valence-corrected chi connectivity index (χ1v) is 9.47. The van der Waals surface area contributed by atoms with E-state index in [0.717, 1.165) is 42.9 Å². The molecular formula is C20H23N3O5. The summed E-state index contributed by atoms with van der Waals surface area (Å²) in [6, 6.07) is 9.26. The molecule has 3 heterocycles. The third kappa shape index (κ3) is 4.12. The number of rotatable bonds is 4. The summed E-state index contributed by atoms with van der Waals surface area (Å²) >= 11 is 0. The minimum absolute atomic E-state index is 0.128. The Hall–Kier alpha value is -3.00. The molecule has 0 radical (unpaired) electrons. The number of hydrogen-bond acceptors (Lipinski definition) is 6. The first kappa shape index (κ1) is 18.4. The van der Waals surface area contributed by atoms with E-state index in [1.165, 1.54) is 12.3 Å². The smallest absolute Gasteiger partial charge is 0.305 e. The lowest BCUT2D eigenvalue weighted by atomic mass is 10.0. The van der Waals surface area contributed by atoms with Gasteiger partial charge in [0, 0.05) is 12.5 Å². The lowest BCUT2D eigenvalue weighted by Gasteiger charge is -2.24. The van der Waals surface area contributed by atoms with E-state index in [4.69, 9.17) is 13.9 Å². The maximum atomic E-state index is 12.3. The lowest BCUT2D eigenvalue weighted by Crippen LogP contribution is -2.46. The van der Waals surface area contributed by atoms with Gasteiger partial charge in [-0.2, -0.15) is 0 Å². The Balaban J connectivity index is 1.36. The Bertz CT molecular complexity index is 836. The van der Waals surface area contributed by atoms with Crippen molar-refractivity contribution in [2.24, 2.45) is 0 Å². The molecule has 8 heteroatoms. The molecule has 0 spiro atoms. The van der Waals surface area contributed by atoms with Crippen LogP contribution in [0, 0.1) is 0 Å². The SMILES string of the molecule is O=C(CN1CCC[C@@H]1c1ccc2c(c1)OCCCO2)NNC(=O)c1ccco1. The van der Waals surface area contributed by atoms with Gasteiger partial charge in [-0.3, -0.25) is 25.3 Å². The molecule has 0 saturated carbocycles. The highest BCUT2D eigenvalue weighted by Crippen LogP contribution is 2.37. The number of benzene rings is 1. The van der Waals surface area contributed by atoms with Crippen molar-refractivity contribution in [2.45, 2.75) is 25.3 Å². The van der Waals surface area contributed by atoms with Gasteiger partial charge in [-0.25, -0.2) is 0 Å². The van der Waals surface area contributed by atoms with Gasteiger partial charge in [0.05, 0.1) is 26.0 Å². The molecule has 0 aliphatic carbocycles. The number of nitrogens with zero attached hydrogens (tertiary/aromatic N) is 1. The number of nitrogens with one attached hydrogen (secondary N) is 2. The maximum Gasteiger partial charge on any atom is 0.305 e. The third-order valence-corrected chi connectivity index (χ3v) is 4.93. The molecule has 1 aromatic carbocycles. The molecular weight excluding hydrogens is 362 g/mol. The maximum absolute atomic E-state index is 12.3. The second kappa shape index (κ2) is 8.35. The van der Waals surface area contributed by atoms with Gasteiger partial charge in [-0.05, 0) is 49.2 Å². The van der Waals surface area contributed by atoms with Crippen molar-refractivity contribution in [3.05, 3.63) is 47.9 Å². The Morgan fingerprint density at radius 1 is 1.07 bits per heavy atom. The summed E-state index contributed by atoms with van der Waals surface area (Å²) in [5.41, 5.74) is 5.91. The third-order valence-electron chi connectivity index (χ3n) is 4.93. The van der Waals surface area contributed by atoms with Crippen molar-refractivity contribution in [3.63, 3.8) is 0 Å². The normalized spacial score (nSPS) is 19.1. The monoisotopic (exact) mass is 385 g/mol. The van der Waals surface area contributed by atoms with Crippen molar-refractivity contribution in [3.8, 4) is 11.5 Å². The molecule has 8 nitrogen and oxygen atoms in total. The van der Waals surface area contributed by atoms with Gasteiger partial charge in [0.1, 0.15) is 0 Å². The van der Waals surface area contributed by atoms with Gasteiger partial charge in [-0.15, -0.1) is 0 Å². The molecule has 4 rings (SSSR count). The first-order chi connectivity index (χ1) is 13.7. The van der Waals surface area contributed by atoms with Crippen LogP contribution in [0.4, 0.5) is 0 Å². The summed E-state index contributed by atoms with van der Waals surface area (Å²) in [7, 11) is 0. The van der Waals surface area contributed by atoms with E-state index >= 15 is 0 Å². The molecule has 1 fully saturated rings. The summed E-state index contributed by atoms with van der Waals surface area (Å²) in [4.78, 5) is 26.2. The fraction of sp³-hybridized carbons (Fsp3) is 0.400. The predicted octanol–water partition coefficient (Wildman–Crippen LogP) is 2.04. The van der Waals surface area contributed by atoms with E-state index in [9.17, 15) is 9.59 Å². The summed E-state index contributed by atoms with van der Waals surface area (Å²) in [6.45, 7) is 2.31. The zero-order valence-electron chi connectivity index (χ0n) is 15.5. The molecule has 148 valence electrons. The topological polar surface area (TPSA) is 93.0 Å². The Morgan fingerprint density at radius 3 is 2.75 bits per heavy atom. The number of carbonyl (C=O) groups excluding carboxylic acids is 2. The number of amides is 2. The van der Waals surface area contributed by atoms with Crippen LogP contribution in [0.5, 0.6) is 11.5 Å². The number of likely N-dealkylation sites (tertiary alicyclic amines) is 1. The van der Waals surface area contributed by atoms with Gasteiger partial charge >= 0.3 is 5.91 Å². The minimum atomic E-state index is -0.487. The molecule has 1 atom stereocenters. The van der Waals surface area contributed by atoms with E-state index in [1.54, 1.807) is 6.07 Å². The van der Waals surface area contributed by atoms with Crippen molar-refractivity contribution < 1.29 is 23.5 Å². The highest BCUT2D eigenvalue weighted by Gasteiger charge is 2.28. The first-order valence-electron chi connectivity index (χ1n) is 9.47.